The number of hydrogen-bond acceptors (Lipinski definition) is 3. The van der Waals surface area contributed by atoms with Crippen molar-refractivity contribution in [2.75, 3.05) is 18.4 Å². The molecule has 0 aliphatic carbocycles. The summed E-state index contributed by atoms with van der Waals surface area (Å²) in [6, 6.07) is 7.43. The summed E-state index contributed by atoms with van der Waals surface area (Å²) in [5.74, 6) is -0.144. The second-order valence-electron chi connectivity index (χ2n) is 4.62. The molecule has 0 aliphatic heterocycles. The lowest BCUT2D eigenvalue weighted by Gasteiger charge is -2.13. The van der Waals surface area contributed by atoms with E-state index in [1.807, 2.05) is 25.1 Å². The molecule has 3 N–H and O–H groups in total. The van der Waals surface area contributed by atoms with E-state index < -0.39 is 6.10 Å². The number of amides is 1. The zero-order valence-corrected chi connectivity index (χ0v) is 11.8. The van der Waals surface area contributed by atoms with Gasteiger partial charge in [-0.1, -0.05) is 32.4 Å². The van der Waals surface area contributed by atoms with Gasteiger partial charge in [-0.25, -0.2) is 0 Å². The molecule has 0 fully saturated rings. The molecule has 1 unspecified atom stereocenters. The molecular formula is C15H24N2O2. The van der Waals surface area contributed by atoms with Gasteiger partial charge in [0.1, 0.15) is 0 Å². The molecule has 4 nitrogen and oxygen atoms in total. The van der Waals surface area contributed by atoms with Crippen molar-refractivity contribution in [3.8, 4) is 0 Å². The van der Waals surface area contributed by atoms with Gasteiger partial charge in [-0.05, 0) is 25.0 Å². The number of aliphatic hydroxyl groups is 1. The number of benzene rings is 1. The molecule has 0 radical (unpaired) electrons. The summed E-state index contributed by atoms with van der Waals surface area (Å²) in [5.41, 5.74) is 1.46. The molecular weight excluding hydrogens is 240 g/mol. The van der Waals surface area contributed by atoms with Crippen molar-refractivity contribution in [2.45, 2.75) is 39.2 Å². The maximum absolute atomic E-state index is 12.1. The Hall–Kier alpha value is -1.55. The topological polar surface area (TPSA) is 61.4 Å². The Kier molecular flexibility index (Phi) is 6.97. The number of anilines is 1. The van der Waals surface area contributed by atoms with Crippen LogP contribution < -0.4 is 10.6 Å². The van der Waals surface area contributed by atoms with E-state index in [2.05, 4.69) is 17.6 Å². The largest absolute Gasteiger partial charge is 0.391 e. The van der Waals surface area contributed by atoms with Crippen LogP contribution in [0.5, 0.6) is 0 Å². The molecule has 0 spiro atoms. The summed E-state index contributed by atoms with van der Waals surface area (Å²) in [6.07, 6.45) is 2.15. The Morgan fingerprint density at radius 2 is 2.00 bits per heavy atom. The average molecular weight is 264 g/mol. The summed E-state index contributed by atoms with van der Waals surface area (Å²) in [6.45, 7) is 5.23. The highest BCUT2D eigenvalue weighted by Crippen LogP contribution is 2.14. The van der Waals surface area contributed by atoms with Crippen molar-refractivity contribution < 1.29 is 9.90 Å². The summed E-state index contributed by atoms with van der Waals surface area (Å²) >= 11 is 0. The number of rotatable bonds is 8. The van der Waals surface area contributed by atoms with Crippen LogP contribution >= 0.6 is 0 Å². The second kappa shape index (κ2) is 8.53. The Balaban J connectivity index is 2.60. The SMILES string of the molecule is CCCNc1ccccc1C(=O)NCC(O)CCC. The van der Waals surface area contributed by atoms with Crippen LogP contribution in [0.15, 0.2) is 24.3 Å². The zero-order valence-electron chi connectivity index (χ0n) is 11.8. The van der Waals surface area contributed by atoms with Crippen LogP contribution in [-0.4, -0.2) is 30.2 Å². The van der Waals surface area contributed by atoms with Crippen molar-refractivity contribution in [1.82, 2.24) is 5.32 Å². The highest BCUT2D eigenvalue weighted by atomic mass is 16.3. The molecule has 1 aromatic carbocycles. The lowest BCUT2D eigenvalue weighted by Crippen LogP contribution is -2.32. The lowest BCUT2D eigenvalue weighted by atomic mass is 10.1. The first kappa shape index (κ1) is 15.5. The molecule has 19 heavy (non-hydrogen) atoms. The van der Waals surface area contributed by atoms with E-state index in [4.69, 9.17) is 0 Å². The first-order valence-corrected chi connectivity index (χ1v) is 6.98. The van der Waals surface area contributed by atoms with E-state index in [0.717, 1.165) is 25.1 Å². The van der Waals surface area contributed by atoms with Crippen LogP contribution in [0, 0.1) is 0 Å². The quantitative estimate of drug-likeness (QED) is 0.675. The van der Waals surface area contributed by atoms with Crippen molar-refractivity contribution >= 4 is 11.6 Å². The minimum atomic E-state index is -0.468. The van der Waals surface area contributed by atoms with Crippen LogP contribution in [0.4, 0.5) is 5.69 Å². The van der Waals surface area contributed by atoms with Gasteiger partial charge in [0, 0.05) is 18.8 Å². The first-order valence-electron chi connectivity index (χ1n) is 6.98. The van der Waals surface area contributed by atoms with E-state index in [-0.39, 0.29) is 5.91 Å². The van der Waals surface area contributed by atoms with Crippen LogP contribution in [0.3, 0.4) is 0 Å². The minimum Gasteiger partial charge on any atom is -0.391 e. The second-order valence-corrected chi connectivity index (χ2v) is 4.62. The standard InChI is InChI=1S/C15H24N2O2/c1-3-7-12(18)11-17-15(19)13-8-5-6-9-14(13)16-10-4-2/h5-6,8-9,12,16,18H,3-4,7,10-11H2,1-2H3,(H,17,19). The third-order valence-corrected chi connectivity index (χ3v) is 2.86. The molecule has 1 atom stereocenters. The van der Waals surface area contributed by atoms with Gasteiger partial charge < -0.3 is 15.7 Å². The maximum atomic E-state index is 12.1. The van der Waals surface area contributed by atoms with Crippen LogP contribution in [0.25, 0.3) is 0 Å². The van der Waals surface area contributed by atoms with Crippen LogP contribution in [0.2, 0.25) is 0 Å². The summed E-state index contributed by atoms with van der Waals surface area (Å²) in [7, 11) is 0. The zero-order chi connectivity index (χ0) is 14.1. The predicted octanol–water partition coefficient (Wildman–Crippen LogP) is 2.40. The third-order valence-electron chi connectivity index (χ3n) is 2.86. The Labute approximate surface area is 115 Å². The molecule has 1 aromatic rings. The summed E-state index contributed by atoms with van der Waals surface area (Å²) in [5, 5.41) is 15.6. The monoisotopic (exact) mass is 264 g/mol. The van der Waals surface area contributed by atoms with Crippen LogP contribution in [0.1, 0.15) is 43.5 Å². The molecule has 0 heterocycles. The van der Waals surface area contributed by atoms with Gasteiger partial charge >= 0.3 is 0 Å². The van der Waals surface area contributed by atoms with E-state index in [1.54, 1.807) is 6.07 Å². The van der Waals surface area contributed by atoms with Crippen molar-refractivity contribution in [1.29, 1.82) is 0 Å². The number of carbonyl (C=O) groups excluding carboxylic acids is 1. The normalized spacial score (nSPS) is 11.9. The lowest BCUT2D eigenvalue weighted by molar-refractivity contribution is 0.0911. The predicted molar refractivity (Wildman–Crippen MR) is 78.5 cm³/mol. The minimum absolute atomic E-state index is 0.144. The highest BCUT2D eigenvalue weighted by molar-refractivity contribution is 5.99. The van der Waals surface area contributed by atoms with Gasteiger partial charge in [0.05, 0.1) is 11.7 Å². The van der Waals surface area contributed by atoms with Gasteiger partial charge in [0.2, 0.25) is 0 Å². The van der Waals surface area contributed by atoms with E-state index in [1.165, 1.54) is 0 Å². The fraction of sp³-hybridized carbons (Fsp3) is 0.533. The molecule has 1 amide bonds. The Morgan fingerprint density at radius 1 is 1.26 bits per heavy atom. The Morgan fingerprint density at radius 3 is 2.68 bits per heavy atom. The smallest absolute Gasteiger partial charge is 0.253 e. The van der Waals surface area contributed by atoms with Gasteiger partial charge in [-0.2, -0.15) is 0 Å². The average Bonchev–Trinajstić information content (AvgIpc) is 2.43. The number of carbonyl (C=O) groups is 1. The van der Waals surface area contributed by atoms with E-state index in [9.17, 15) is 9.90 Å². The molecule has 0 aliphatic rings. The molecule has 0 saturated carbocycles. The van der Waals surface area contributed by atoms with E-state index in [0.29, 0.717) is 18.5 Å². The van der Waals surface area contributed by atoms with Crippen molar-refractivity contribution in [3.63, 3.8) is 0 Å². The fourth-order valence-corrected chi connectivity index (χ4v) is 1.84. The van der Waals surface area contributed by atoms with Gasteiger partial charge in [0.15, 0.2) is 0 Å². The molecule has 0 saturated heterocycles. The summed E-state index contributed by atoms with van der Waals surface area (Å²) in [4.78, 5) is 12.1. The summed E-state index contributed by atoms with van der Waals surface area (Å²) < 4.78 is 0. The highest BCUT2D eigenvalue weighted by Gasteiger charge is 2.11. The van der Waals surface area contributed by atoms with Gasteiger partial charge in [-0.3, -0.25) is 4.79 Å². The van der Waals surface area contributed by atoms with Crippen molar-refractivity contribution in [2.24, 2.45) is 0 Å². The number of para-hydroxylation sites is 1. The van der Waals surface area contributed by atoms with Crippen molar-refractivity contribution in [3.05, 3.63) is 29.8 Å². The van der Waals surface area contributed by atoms with E-state index >= 15 is 0 Å². The van der Waals surface area contributed by atoms with Gasteiger partial charge in [-0.15, -0.1) is 0 Å². The third kappa shape index (κ3) is 5.30. The molecule has 0 aromatic heterocycles. The number of aliphatic hydroxyl groups excluding tert-OH is 1. The number of hydrogen-bond donors (Lipinski definition) is 3. The maximum Gasteiger partial charge on any atom is 0.253 e. The number of nitrogens with one attached hydrogen (secondary N) is 2. The molecule has 106 valence electrons. The van der Waals surface area contributed by atoms with Gasteiger partial charge in [0.25, 0.3) is 5.91 Å². The molecule has 1 rings (SSSR count). The Bertz CT molecular complexity index is 393. The molecule has 4 heteroatoms. The van der Waals surface area contributed by atoms with Crippen LogP contribution in [-0.2, 0) is 0 Å². The fourth-order valence-electron chi connectivity index (χ4n) is 1.84. The first-order chi connectivity index (χ1) is 9.19. The molecule has 0 bridgehead atoms.